The van der Waals surface area contributed by atoms with E-state index in [9.17, 15) is 18.0 Å². The van der Waals surface area contributed by atoms with Crippen LogP contribution in [0.15, 0.2) is 94.2 Å². The van der Waals surface area contributed by atoms with Crippen LogP contribution >= 0.6 is 11.8 Å². The Morgan fingerprint density at radius 3 is 2.21 bits per heavy atom. The molecule has 0 aliphatic carbocycles. The van der Waals surface area contributed by atoms with Crippen molar-refractivity contribution in [3.63, 3.8) is 0 Å². The number of hydrogen-bond donors (Lipinski definition) is 1. The first-order chi connectivity index (χ1) is 15.8. The Hall–Kier alpha value is -3.43. The van der Waals surface area contributed by atoms with Crippen molar-refractivity contribution >= 4 is 50.1 Å². The lowest BCUT2D eigenvalue weighted by Gasteiger charge is -2.16. The summed E-state index contributed by atoms with van der Waals surface area (Å²) in [6.07, 6.45) is -0.120. The molecule has 0 radical (unpaired) electrons. The van der Waals surface area contributed by atoms with Crippen molar-refractivity contribution in [2.45, 2.75) is 23.5 Å². The van der Waals surface area contributed by atoms with E-state index in [0.717, 1.165) is 17.3 Å². The van der Waals surface area contributed by atoms with Gasteiger partial charge in [-0.1, -0.05) is 65.9 Å². The van der Waals surface area contributed by atoms with E-state index in [2.05, 4.69) is 9.71 Å². The molecule has 1 atom stereocenters. The van der Waals surface area contributed by atoms with Gasteiger partial charge in [0, 0.05) is 12.1 Å². The van der Waals surface area contributed by atoms with Crippen LogP contribution in [0.4, 0.5) is 11.4 Å². The number of sulfonamides is 1. The number of thioether (sulfide) groups is 1. The minimum atomic E-state index is -4.04. The number of anilines is 2. The molecule has 33 heavy (non-hydrogen) atoms. The van der Waals surface area contributed by atoms with Crippen molar-refractivity contribution in [1.29, 1.82) is 0 Å². The first-order valence-electron chi connectivity index (χ1n) is 10.2. The topological polar surface area (TPSA) is 95.9 Å². The zero-order valence-corrected chi connectivity index (χ0v) is 19.3. The third kappa shape index (κ3) is 5.32. The van der Waals surface area contributed by atoms with E-state index >= 15 is 0 Å². The molecule has 2 amide bonds. The highest BCUT2D eigenvalue weighted by molar-refractivity contribution is 8.16. The van der Waals surface area contributed by atoms with Crippen LogP contribution in [0.2, 0.25) is 0 Å². The molecule has 0 bridgehead atoms. The Kier molecular flexibility index (Phi) is 6.62. The highest BCUT2D eigenvalue weighted by Gasteiger charge is 2.41. The minimum absolute atomic E-state index is 0.0168. The predicted octanol–water partition coefficient (Wildman–Crippen LogP) is 4.22. The van der Waals surface area contributed by atoms with Crippen LogP contribution in [0.25, 0.3) is 0 Å². The lowest BCUT2D eigenvalue weighted by molar-refractivity contribution is -0.121. The van der Waals surface area contributed by atoms with Gasteiger partial charge in [-0.25, -0.2) is 0 Å². The van der Waals surface area contributed by atoms with E-state index in [4.69, 9.17) is 0 Å². The second-order valence-electron chi connectivity index (χ2n) is 7.40. The summed E-state index contributed by atoms with van der Waals surface area (Å²) in [6, 6.07) is 23.8. The van der Waals surface area contributed by atoms with Crippen LogP contribution < -0.4 is 10.2 Å². The van der Waals surface area contributed by atoms with E-state index in [0.29, 0.717) is 11.4 Å². The smallest absolute Gasteiger partial charge is 0.284 e. The maximum absolute atomic E-state index is 13.2. The summed E-state index contributed by atoms with van der Waals surface area (Å²) >= 11 is 0.971. The van der Waals surface area contributed by atoms with Crippen LogP contribution in [-0.2, 0) is 19.6 Å². The maximum Gasteiger partial charge on any atom is 0.284 e. The Balaban J connectivity index is 1.61. The quantitative estimate of drug-likeness (QED) is 0.571. The van der Waals surface area contributed by atoms with Gasteiger partial charge < -0.3 is 5.32 Å². The number of nitrogens with zero attached hydrogens (tertiary/aromatic N) is 2. The molecule has 4 rings (SSSR count). The van der Waals surface area contributed by atoms with Crippen molar-refractivity contribution < 1.29 is 18.0 Å². The summed E-state index contributed by atoms with van der Waals surface area (Å²) in [5.41, 5.74) is 2.17. The zero-order chi connectivity index (χ0) is 23.4. The van der Waals surface area contributed by atoms with Gasteiger partial charge in [-0.2, -0.15) is 8.42 Å². The van der Waals surface area contributed by atoms with E-state index < -0.39 is 21.2 Å². The molecule has 1 N–H and O–H groups in total. The number of carbonyl (C=O) groups is 2. The number of carbonyl (C=O) groups excluding carboxylic acids is 2. The van der Waals surface area contributed by atoms with Gasteiger partial charge in [-0.15, -0.1) is 4.40 Å². The number of benzene rings is 3. The molecule has 7 nitrogen and oxygen atoms in total. The lowest BCUT2D eigenvalue weighted by atomic mass is 10.2. The molecule has 9 heteroatoms. The summed E-state index contributed by atoms with van der Waals surface area (Å²) in [5, 5.41) is 1.99. The molecule has 1 heterocycles. The monoisotopic (exact) mass is 479 g/mol. The molecule has 168 valence electrons. The molecule has 1 aliphatic rings. The van der Waals surface area contributed by atoms with Gasteiger partial charge in [-0.05, 0) is 43.3 Å². The van der Waals surface area contributed by atoms with Crippen molar-refractivity contribution in [2.75, 3.05) is 10.2 Å². The van der Waals surface area contributed by atoms with Crippen molar-refractivity contribution in [3.8, 4) is 0 Å². The number of para-hydroxylation sites is 1. The summed E-state index contributed by atoms with van der Waals surface area (Å²) in [6.45, 7) is 1.95. The maximum atomic E-state index is 13.2. The van der Waals surface area contributed by atoms with Gasteiger partial charge in [0.15, 0.2) is 5.17 Å². The number of aryl methyl sites for hydroxylation is 1. The van der Waals surface area contributed by atoms with Crippen LogP contribution in [0.5, 0.6) is 0 Å². The van der Waals surface area contributed by atoms with Gasteiger partial charge in [0.05, 0.1) is 10.6 Å². The Bertz CT molecular complexity index is 1290. The molecule has 0 aromatic heterocycles. The molecule has 3 aromatic rings. The molecule has 1 fully saturated rings. The third-order valence-corrected chi connectivity index (χ3v) is 7.43. The summed E-state index contributed by atoms with van der Waals surface area (Å²) in [4.78, 5) is 27.1. The fourth-order valence-electron chi connectivity index (χ4n) is 3.24. The summed E-state index contributed by atoms with van der Waals surface area (Å²) < 4.78 is 29.7. The molecular weight excluding hydrogens is 458 g/mol. The number of hydrogen-bond acceptors (Lipinski definition) is 5. The van der Waals surface area contributed by atoms with Gasteiger partial charge in [-0.3, -0.25) is 14.5 Å². The average Bonchev–Trinajstić information content (AvgIpc) is 3.10. The van der Waals surface area contributed by atoms with Gasteiger partial charge >= 0.3 is 0 Å². The van der Waals surface area contributed by atoms with Crippen LogP contribution in [-0.4, -0.2) is 30.6 Å². The number of amides is 2. The summed E-state index contributed by atoms with van der Waals surface area (Å²) in [5.74, 6) is -0.739. The zero-order valence-electron chi connectivity index (χ0n) is 17.7. The van der Waals surface area contributed by atoms with E-state index in [1.165, 1.54) is 17.0 Å². The standard InChI is InChI=1S/C24H21N3O4S2/c1-17-12-14-18(15-13-17)25-22(28)16-21-23(29)27(19-8-4-2-5-9-19)24(32-21)26-33(30,31)20-10-6-3-7-11-20/h2-15,21H,16H2,1H3,(H,25,28). The Morgan fingerprint density at radius 2 is 1.58 bits per heavy atom. The number of rotatable bonds is 6. The SMILES string of the molecule is Cc1ccc(NC(=O)CC2SC(=NS(=O)(=O)c3ccccc3)N(c3ccccc3)C2=O)cc1. The lowest BCUT2D eigenvalue weighted by Crippen LogP contribution is -2.33. The second-order valence-corrected chi connectivity index (χ2v) is 10.2. The van der Waals surface area contributed by atoms with Crippen LogP contribution in [0.3, 0.4) is 0 Å². The van der Waals surface area contributed by atoms with Crippen LogP contribution in [0, 0.1) is 6.92 Å². The van der Waals surface area contributed by atoms with Crippen LogP contribution in [0.1, 0.15) is 12.0 Å². The predicted molar refractivity (Wildman–Crippen MR) is 131 cm³/mol. The van der Waals surface area contributed by atoms with Crippen molar-refractivity contribution in [3.05, 3.63) is 90.5 Å². The normalized spacial score (nSPS) is 17.4. The van der Waals surface area contributed by atoms with Gasteiger partial charge in [0.1, 0.15) is 5.25 Å². The first kappa shape index (κ1) is 22.8. The molecule has 0 saturated carbocycles. The molecule has 1 unspecified atom stereocenters. The van der Waals surface area contributed by atoms with Crippen molar-refractivity contribution in [2.24, 2.45) is 4.40 Å². The minimum Gasteiger partial charge on any atom is -0.326 e. The fourth-order valence-corrected chi connectivity index (χ4v) is 5.60. The first-order valence-corrected chi connectivity index (χ1v) is 12.5. The second kappa shape index (κ2) is 9.60. The van der Waals surface area contributed by atoms with Gasteiger partial charge in [0.25, 0.3) is 10.0 Å². The van der Waals surface area contributed by atoms with E-state index in [1.54, 1.807) is 60.7 Å². The highest BCUT2D eigenvalue weighted by atomic mass is 32.2. The average molecular weight is 480 g/mol. The fraction of sp³-hybridized carbons (Fsp3) is 0.125. The van der Waals surface area contributed by atoms with E-state index in [-0.39, 0.29) is 22.4 Å². The molecular formula is C24H21N3O4S2. The third-order valence-electron chi connectivity index (χ3n) is 4.89. The molecule has 0 spiro atoms. The highest BCUT2D eigenvalue weighted by Crippen LogP contribution is 2.35. The number of amidine groups is 1. The molecule has 3 aromatic carbocycles. The Labute approximate surface area is 196 Å². The Morgan fingerprint density at radius 1 is 0.970 bits per heavy atom. The molecule has 1 aliphatic heterocycles. The van der Waals surface area contributed by atoms with Crippen molar-refractivity contribution in [1.82, 2.24) is 0 Å². The summed E-state index contributed by atoms with van der Waals surface area (Å²) in [7, 11) is -4.04. The molecule has 1 saturated heterocycles. The number of nitrogens with one attached hydrogen (secondary N) is 1. The van der Waals surface area contributed by atoms with Gasteiger partial charge in [0.2, 0.25) is 11.8 Å². The largest absolute Gasteiger partial charge is 0.326 e. The van der Waals surface area contributed by atoms with E-state index in [1.807, 2.05) is 19.1 Å².